The van der Waals surface area contributed by atoms with Crippen molar-refractivity contribution >= 4 is 23.3 Å². The molecule has 136 valence electrons. The van der Waals surface area contributed by atoms with Crippen LogP contribution in [0.1, 0.15) is 46.1 Å². The van der Waals surface area contributed by atoms with Crippen LogP contribution in [0.3, 0.4) is 0 Å². The topological polar surface area (TPSA) is 66.5 Å². The van der Waals surface area contributed by atoms with E-state index in [0.29, 0.717) is 5.69 Å². The van der Waals surface area contributed by atoms with Gasteiger partial charge < -0.3 is 10.2 Å². The van der Waals surface area contributed by atoms with E-state index in [1.807, 2.05) is 32.9 Å². The zero-order valence-corrected chi connectivity index (χ0v) is 15.2. The molecule has 5 nitrogen and oxygen atoms in total. The first kappa shape index (κ1) is 19.1. The minimum Gasteiger partial charge on any atom is -0.334 e. The van der Waals surface area contributed by atoms with Gasteiger partial charge in [-0.1, -0.05) is 39.0 Å². The van der Waals surface area contributed by atoms with Gasteiger partial charge in [-0.3, -0.25) is 14.4 Å². The number of rotatable bonds is 2. The van der Waals surface area contributed by atoms with Gasteiger partial charge in [-0.2, -0.15) is 0 Å². The lowest BCUT2D eigenvalue weighted by molar-refractivity contribution is -0.146. The van der Waals surface area contributed by atoms with Crippen LogP contribution >= 0.6 is 0 Å². The van der Waals surface area contributed by atoms with Gasteiger partial charge in [0.25, 0.3) is 0 Å². The minimum atomic E-state index is -1.88. The molecular formula is C19H25FN2O3. The maximum absolute atomic E-state index is 14.3. The van der Waals surface area contributed by atoms with Gasteiger partial charge in [-0.05, 0) is 24.0 Å². The summed E-state index contributed by atoms with van der Waals surface area (Å²) in [6.07, 6.45) is -0.139. The summed E-state index contributed by atoms with van der Waals surface area (Å²) in [5.74, 6) is -1.97. The number of halogens is 1. The SMILES string of the molecule is CC(=O)C1(F)CCN(C(=O)C(=O)Nc2ccccc2C(C)(C)C)CC1. The predicted octanol–water partition coefficient (Wildman–Crippen LogP) is 2.84. The van der Waals surface area contributed by atoms with E-state index in [-0.39, 0.29) is 31.3 Å². The number of para-hydroxylation sites is 1. The molecule has 0 spiro atoms. The van der Waals surface area contributed by atoms with Crippen LogP contribution in [0.2, 0.25) is 0 Å². The van der Waals surface area contributed by atoms with Crippen LogP contribution in [-0.4, -0.2) is 41.3 Å². The van der Waals surface area contributed by atoms with Crippen molar-refractivity contribution in [2.45, 2.75) is 51.6 Å². The van der Waals surface area contributed by atoms with Gasteiger partial charge >= 0.3 is 11.8 Å². The van der Waals surface area contributed by atoms with Gasteiger partial charge in [0.2, 0.25) is 0 Å². The molecular weight excluding hydrogens is 323 g/mol. The highest BCUT2D eigenvalue weighted by Gasteiger charge is 2.41. The first-order chi connectivity index (χ1) is 11.5. The second-order valence-electron chi connectivity index (χ2n) is 7.56. The highest BCUT2D eigenvalue weighted by atomic mass is 19.1. The van der Waals surface area contributed by atoms with Gasteiger partial charge in [-0.15, -0.1) is 0 Å². The van der Waals surface area contributed by atoms with E-state index >= 15 is 0 Å². The maximum Gasteiger partial charge on any atom is 0.313 e. The Balaban J connectivity index is 2.06. The third-order valence-corrected chi connectivity index (χ3v) is 4.65. The molecule has 1 aromatic rings. The lowest BCUT2D eigenvalue weighted by Gasteiger charge is -2.34. The number of carbonyl (C=O) groups excluding carboxylic acids is 3. The number of nitrogens with zero attached hydrogens (tertiary/aromatic N) is 1. The Hall–Kier alpha value is -2.24. The summed E-state index contributed by atoms with van der Waals surface area (Å²) in [5.41, 5.74) is -0.553. The van der Waals surface area contributed by atoms with Crippen LogP contribution in [0.25, 0.3) is 0 Å². The number of hydrogen-bond acceptors (Lipinski definition) is 3. The minimum absolute atomic E-state index is 0.0588. The number of piperidine rings is 1. The van der Waals surface area contributed by atoms with E-state index in [2.05, 4.69) is 5.32 Å². The highest BCUT2D eigenvalue weighted by molar-refractivity contribution is 6.39. The molecule has 1 saturated heterocycles. The third-order valence-electron chi connectivity index (χ3n) is 4.65. The molecule has 1 aromatic carbocycles. The van der Waals surface area contributed by atoms with Crippen LogP contribution in [0.5, 0.6) is 0 Å². The second-order valence-corrected chi connectivity index (χ2v) is 7.56. The van der Waals surface area contributed by atoms with E-state index in [0.717, 1.165) is 5.56 Å². The Bertz CT molecular complexity index is 686. The first-order valence-electron chi connectivity index (χ1n) is 8.44. The largest absolute Gasteiger partial charge is 0.334 e. The lowest BCUT2D eigenvalue weighted by Crippen LogP contribution is -2.50. The molecule has 0 atom stereocenters. The standard InChI is InChI=1S/C19H25FN2O3/c1-13(23)19(20)9-11-22(12-10-19)17(25)16(24)21-15-8-6-5-7-14(15)18(2,3)4/h5-8H,9-12H2,1-4H3,(H,21,24). The van der Waals surface area contributed by atoms with Crippen molar-refractivity contribution in [3.8, 4) is 0 Å². The number of Topliss-reactive ketones (excluding diaryl/α,β-unsaturated/α-hetero) is 1. The van der Waals surface area contributed by atoms with Crippen molar-refractivity contribution in [1.29, 1.82) is 0 Å². The number of ketones is 1. The lowest BCUT2D eigenvalue weighted by atomic mass is 9.86. The molecule has 1 fully saturated rings. The number of nitrogens with one attached hydrogen (secondary N) is 1. The molecule has 0 aliphatic carbocycles. The second kappa shape index (κ2) is 6.94. The average Bonchev–Trinajstić information content (AvgIpc) is 2.54. The molecule has 0 unspecified atom stereocenters. The van der Waals surface area contributed by atoms with Crippen molar-refractivity contribution in [2.75, 3.05) is 18.4 Å². The van der Waals surface area contributed by atoms with E-state index in [1.165, 1.54) is 11.8 Å². The summed E-state index contributed by atoms with van der Waals surface area (Å²) in [4.78, 5) is 37.3. The Kier molecular flexibility index (Phi) is 5.30. The number of hydrogen-bond donors (Lipinski definition) is 1. The van der Waals surface area contributed by atoms with E-state index < -0.39 is 23.3 Å². The van der Waals surface area contributed by atoms with E-state index in [4.69, 9.17) is 0 Å². The number of amides is 2. The molecule has 1 N–H and O–H groups in total. The van der Waals surface area contributed by atoms with Crippen LogP contribution in [0.15, 0.2) is 24.3 Å². The monoisotopic (exact) mass is 348 g/mol. The fourth-order valence-corrected chi connectivity index (χ4v) is 2.98. The number of likely N-dealkylation sites (tertiary alicyclic amines) is 1. The van der Waals surface area contributed by atoms with E-state index in [1.54, 1.807) is 12.1 Å². The Labute approximate surface area is 147 Å². The quantitative estimate of drug-likeness (QED) is 0.836. The van der Waals surface area contributed by atoms with Crippen molar-refractivity contribution in [3.63, 3.8) is 0 Å². The molecule has 2 amide bonds. The summed E-state index contributed by atoms with van der Waals surface area (Å²) >= 11 is 0. The molecule has 25 heavy (non-hydrogen) atoms. The number of alkyl halides is 1. The van der Waals surface area contributed by atoms with Crippen molar-refractivity contribution in [3.05, 3.63) is 29.8 Å². The molecule has 0 bridgehead atoms. The Morgan fingerprint density at radius 2 is 1.68 bits per heavy atom. The van der Waals surface area contributed by atoms with Gasteiger partial charge in [0.15, 0.2) is 11.5 Å². The zero-order valence-electron chi connectivity index (χ0n) is 15.2. The summed E-state index contributed by atoms with van der Waals surface area (Å²) < 4.78 is 14.3. The molecule has 1 aliphatic heterocycles. The number of carbonyl (C=O) groups is 3. The molecule has 6 heteroatoms. The fraction of sp³-hybridized carbons (Fsp3) is 0.526. The number of anilines is 1. The summed E-state index contributed by atoms with van der Waals surface area (Å²) in [7, 11) is 0. The molecule has 1 heterocycles. The molecule has 1 aliphatic rings. The van der Waals surface area contributed by atoms with Crippen LogP contribution in [0, 0.1) is 0 Å². The zero-order chi connectivity index (χ0) is 18.8. The Morgan fingerprint density at radius 1 is 1.12 bits per heavy atom. The van der Waals surface area contributed by atoms with Crippen LogP contribution < -0.4 is 5.32 Å². The average molecular weight is 348 g/mol. The highest BCUT2D eigenvalue weighted by Crippen LogP contribution is 2.30. The van der Waals surface area contributed by atoms with Gasteiger partial charge in [-0.25, -0.2) is 4.39 Å². The van der Waals surface area contributed by atoms with Gasteiger partial charge in [0, 0.05) is 31.6 Å². The molecule has 0 saturated carbocycles. The molecule has 0 aromatic heterocycles. The van der Waals surface area contributed by atoms with E-state index in [9.17, 15) is 18.8 Å². The van der Waals surface area contributed by atoms with Crippen molar-refractivity contribution in [2.24, 2.45) is 0 Å². The Morgan fingerprint density at radius 3 is 2.20 bits per heavy atom. The van der Waals surface area contributed by atoms with Crippen molar-refractivity contribution in [1.82, 2.24) is 4.90 Å². The smallest absolute Gasteiger partial charge is 0.313 e. The van der Waals surface area contributed by atoms with Crippen LogP contribution in [0.4, 0.5) is 10.1 Å². The van der Waals surface area contributed by atoms with Gasteiger partial charge in [0.1, 0.15) is 0 Å². The van der Waals surface area contributed by atoms with Crippen LogP contribution in [-0.2, 0) is 19.8 Å². The van der Waals surface area contributed by atoms with Gasteiger partial charge in [0.05, 0.1) is 0 Å². The van der Waals surface area contributed by atoms with Crippen molar-refractivity contribution < 1.29 is 18.8 Å². The molecule has 0 radical (unpaired) electrons. The molecule has 2 rings (SSSR count). The first-order valence-corrected chi connectivity index (χ1v) is 8.44. The summed E-state index contributed by atoms with van der Waals surface area (Å²) in [6.45, 7) is 7.40. The summed E-state index contributed by atoms with van der Waals surface area (Å²) in [5, 5.41) is 2.67. The summed E-state index contributed by atoms with van der Waals surface area (Å²) in [6, 6.07) is 7.33. The fourth-order valence-electron chi connectivity index (χ4n) is 2.98. The predicted molar refractivity (Wildman–Crippen MR) is 94.1 cm³/mol. The number of benzene rings is 1. The normalized spacial score (nSPS) is 17.1. The third kappa shape index (κ3) is 4.24. The maximum atomic E-state index is 14.3.